The van der Waals surface area contributed by atoms with Gasteiger partial charge in [-0.15, -0.1) is 10.2 Å². The van der Waals surface area contributed by atoms with Crippen LogP contribution in [0.5, 0.6) is 0 Å². The Labute approximate surface area is 117 Å². The number of fused-ring (bicyclic) bond motifs is 1. The highest BCUT2D eigenvalue weighted by molar-refractivity contribution is 5.92. The Balaban J connectivity index is 1.95. The van der Waals surface area contributed by atoms with Crippen molar-refractivity contribution in [3.63, 3.8) is 0 Å². The van der Waals surface area contributed by atoms with Crippen molar-refractivity contribution in [1.29, 1.82) is 5.26 Å². The van der Waals surface area contributed by atoms with Crippen LogP contribution in [-0.2, 0) is 0 Å². The molecule has 3 rings (SSSR count). The van der Waals surface area contributed by atoms with Gasteiger partial charge in [-0.1, -0.05) is 18.2 Å². The van der Waals surface area contributed by atoms with Crippen molar-refractivity contribution < 1.29 is 0 Å². The highest BCUT2D eigenvalue weighted by Crippen LogP contribution is 2.27. The molecule has 0 spiro atoms. The minimum absolute atomic E-state index is 0.316. The second-order valence-electron chi connectivity index (χ2n) is 5.31. The molecule has 3 N–H and O–H groups in total. The van der Waals surface area contributed by atoms with Gasteiger partial charge in [-0.05, 0) is 31.7 Å². The molecule has 5 heteroatoms. The van der Waals surface area contributed by atoms with Gasteiger partial charge >= 0.3 is 0 Å². The molecule has 0 aliphatic heterocycles. The van der Waals surface area contributed by atoms with E-state index in [1.807, 2.05) is 24.3 Å². The summed E-state index contributed by atoms with van der Waals surface area (Å²) in [5.41, 5.74) is 7.91. The molecule has 1 heterocycles. The first-order chi connectivity index (χ1) is 9.78. The van der Waals surface area contributed by atoms with Crippen molar-refractivity contribution in [1.82, 2.24) is 10.2 Å². The summed E-state index contributed by atoms with van der Waals surface area (Å²) in [6, 6.07) is 10.6. The Bertz CT molecular complexity index is 653. The molecule has 2 aromatic rings. The van der Waals surface area contributed by atoms with Crippen LogP contribution in [0, 0.1) is 11.3 Å². The van der Waals surface area contributed by atoms with E-state index in [0.29, 0.717) is 17.8 Å². The molecular formula is C15H17N5. The summed E-state index contributed by atoms with van der Waals surface area (Å²) in [6.45, 7) is 0. The number of anilines is 1. The minimum Gasteiger partial charge on any atom is -0.379 e. The van der Waals surface area contributed by atoms with Gasteiger partial charge < -0.3 is 11.1 Å². The lowest BCUT2D eigenvalue weighted by Crippen LogP contribution is -2.33. The van der Waals surface area contributed by atoms with Crippen LogP contribution < -0.4 is 11.1 Å². The van der Waals surface area contributed by atoms with Crippen LogP contribution in [0.4, 0.5) is 5.69 Å². The quantitative estimate of drug-likeness (QED) is 0.870. The third-order valence-corrected chi connectivity index (χ3v) is 3.89. The van der Waals surface area contributed by atoms with Gasteiger partial charge in [0.15, 0.2) is 5.69 Å². The number of nitrogens with one attached hydrogen (secondary N) is 1. The summed E-state index contributed by atoms with van der Waals surface area (Å²) < 4.78 is 0. The first-order valence-electron chi connectivity index (χ1n) is 6.95. The van der Waals surface area contributed by atoms with E-state index in [4.69, 9.17) is 5.73 Å². The lowest BCUT2D eigenvalue weighted by atomic mass is 9.91. The van der Waals surface area contributed by atoms with Gasteiger partial charge in [-0.3, -0.25) is 0 Å². The average Bonchev–Trinajstić information content (AvgIpc) is 2.50. The molecule has 5 nitrogen and oxygen atoms in total. The second kappa shape index (κ2) is 5.43. The minimum atomic E-state index is 0.316. The van der Waals surface area contributed by atoms with Crippen LogP contribution in [0.25, 0.3) is 10.9 Å². The lowest BCUT2D eigenvalue weighted by Gasteiger charge is -2.28. The van der Waals surface area contributed by atoms with Gasteiger partial charge in [0.2, 0.25) is 0 Å². The van der Waals surface area contributed by atoms with E-state index in [1.54, 1.807) is 0 Å². The molecule has 0 atom stereocenters. The Hall–Kier alpha value is -2.19. The molecule has 1 aromatic carbocycles. The maximum Gasteiger partial charge on any atom is 0.186 e. The zero-order valence-electron chi connectivity index (χ0n) is 11.2. The van der Waals surface area contributed by atoms with Gasteiger partial charge in [0.1, 0.15) is 6.07 Å². The molecule has 0 radical (unpaired) electrons. The summed E-state index contributed by atoms with van der Waals surface area (Å²) in [5, 5.41) is 21.8. The van der Waals surface area contributed by atoms with Crippen LogP contribution in [0.3, 0.4) is 0 Å². The maximum atomic E-state index is 9.24. The van der Waals surface area contributed by atoms with Gasteiger partial charge in [-0.2, -0.15) is 5.26 Å². The highest BCUT2D eigenvalue weighted by Gasteiger charge is 2.20. The monoisotopic (exact) mass is 267 g/mol. The predicted molar refractivity (Wildman–Crippen MR) is 78.1 cm³/mol. The van der Waals surface area contributed by atoms with E-state index < -0.39 is 0 Å². The molecule has 1 aliphatic rings. The zero-order valence-corrected chi connectivity index (χ0v) is 11.2. The number of nitrogens with zero attached hydrogens (tertiary/aromatic N) is 3. The molecule has 1 aliphatic carbocycles. The fraction of sp³-hybridized carbons (Fsp3) is 0.400. The molecule has 20 heavy (non-hydrogen) atoms. The Morgan fingerprint density at radius 3 is 2.65 bits per heavy atom. The van der Waals surface area contributed by atoms with E-state index in [1.165, 1.54) is 0 Å². The van der Waals surface area contributed by atoms with Crippen molar-refractivity contribution in [3.8, 4) is 6.07 Å². The smallest absolute Gasteiger partial charge is 0.186 e. The highest BCUT2D eigenvalue weighted by atomic mass is 15.1. The molecule has 1 saturated carbocycles. The number of nitrogens with two attached hydrogens (primary N) is 1. The SMILES string of the molecule is N#Cc1nnc2ccccc2c1NC1CCC(N)CC1. The Morgan fingerprint density at radius 2 is 1.90 bits per heavy atom. The van der Waals surface area contributed by atoms with Crippen molar-refractivity contribution in [3.05, 3.63) is 30.0 Å². The van der Waals surface area contributed by atoms with Crippen LogP contribution in [0.15, 0.2) is 24.3 Å². The normalized spacial score (nSPS) is 22.4. The number of hydrogen-bond acceptors (Lipinski definition) is 5. The van der Waals surface area contributed by atoms with E-state index in [-0.39, 0.29) is 0 Å². The Kier molecular flexibility index (Phi) is 3.48. The molecule has 102 valence electrons. The van der Waals surface area contributed by atoms with Gasteiger partial charge in [0.05, 0.1) is 11.2 Å². The van der Waals surface area contributed by atoms with Gasteiger partial charge in [-0.25, -0.2) is 0 Å². The zero-order chi connectivity index (χ0) is 13.9. The first-order valence-corrected chi connectivity index (χ1v) is 6.95. The van der Waals surface area contributed by atoms with E-state index >= 15 is 0 Å². The van der Waals surface area contributed by atoms with Crippen molar-refractivity contribution in [2.45, 2.75) is 37.8 Å². The van der Waals surface area contributed by atoms with Crippen LogP contribution in [-0.4, -0.2) is 22.3 Å². The standard InChI is InChI=1S/C15H17N5/c16-9-14-15(18-11-7-5-10(17)6-8-11)12-3-1-2-4-13(12)19-20-14/h1-4,10-11H,5-8,17H2,(H,18,19). The molecule has 0 amide bonds. The fourth-order valence-electron chi connectivity index (χ4n) is 2.75. The number of aromatic nitrogens is 2. The molecule has 0 saturated heterocycles. The lowest BCUT2D eigenvalue weighted by molar-refractivity contribution is 0.411. The first kappa shape index (κ1) is 12.8. The molecule has 1 fully saturated rings. The number of hydrogen-bond donors (Lipinski definition) is 2. The van der Waals surface area contributed by atoms with Crippen molar-refractivity contribution >= 4 is 16.6 Å². The molecular weight excluding hydrogens is 250 g/mol. The van der Waals surface area contributed by atoms with Crippen LogP contribution in [0.2, 0.25) is 0 Å². The topological polar surface area (TPSA) is 87.6 Å². The Morgan fingerprint density at radius 1 is 1.15 bits per heavy atom. The van der Waals surface area contributed by atoms with Crippen molar-refractivity contribution in [2.24, 2.45) is 5.73 Å². The third-order valence-electron chi connectivity index (χ3n) is 3.89. The van der Waals surface area contributed by atoms with E-state index in [2.05, 4.69) is 21.6 Å². The fourth-order valence-corrected chi connectivity index (χ4v) is 2.75. The summed E-state index contributed by atoms with van der Waals surface area (Å²) >= 11 is 0. The number of benzene rings is 1. The van der Waals surface area contributed by atoms with E-state index in [9.17, 15) is 5.26 Å². The number of nitriles is 1. The number of rotatable bonds is 2. The van der Waals surface area contributed by atoms with Gasteiger partial charge in [0, 0.05) is 17.5 Å². The third kappa shape index (κ3) is 2.43. The summed E-state index contributed by atoms with van der Waals surface area (Å²) in [5.74, 6) is 0. The molecule has 1 aromatic heterocycles. The maximum absolute atomic E-state index is 9.24. The summed E-state index contributed by atoms with van der Waals surface area (Å²) in [7, 11) is 0. The predicted octanol–water partition coefficient (Wildman–Crippen LogP) is 2.18. The van der Waals surface area contributed by atoms with Gasteiger partial charge in [0.25, 0.3) is 0 Å². The molecule has 0 bridgehead atoms. The van der Waals surface area contributed by atoms with Crippen LogP contribution >= 0.6 is 0 Å². The average molecular weight is 267 g/mol. The molecule has 0 unspecified atom stereocenters. The largest absolute Gasteiger partial charge is 0.379 e. The van der Waals surface area contributed by atoms with Crippen molar-refractivity contribution in [2.75, 3.05) is 5.32 Å². The summed E-state index contributed by atoms with van der Waals surface area (Å²) in [4.78, 5) is 0. The van der Waals surface area contributed by atoms with Crippen LogP contribution in [0.1, 0.15) is 31.4 Å². The van der Waals surface area contributed by atoms with E-state index in [0.717, 1.165) is 42.3 Å². The summed E-state index contributed by atoms with van der Waals surface area (Å²) in [6.07, 6.45) is 4.11. The second-order valence-corrected chi connectivity index (χ2v) is 5.31.